The number of ether oxygens (including phenoxy) is 2. The molecular formula is C34H41N5O6. The summed E-state index contributed by atoms with van der Waals surface area (Å²) >= 11 is 0. The van der Waals surface area contributed by atoms with Crippen LogP contribution in [0, 0.1) is 38.5 Å². The maximum Gasteiger partial charge on any atom is 0.330 e. The number of aryl methyl sites for hydroxylation is 3. The van der Waals surface area contributed by atoms with E-state index in [-0.39, 0.29) is 18.2 Å². The summed E-state index contributed by atoms with van der Waals surface area (Å²) in [6, 6.07) is 7.60. The number of carboxylic acid groups (broad SMARTS) is 1. The van der Waals surface area contributed by atoms with E-state index in [4.69, 9.17) is 14.5 Å². The molecule has 2 aliphatic carbocycles. The Labute approximate surface area is 262 Å². The Bertz CT molecular complexity index is 1700. The molecule has 0 spiro atoms. The Balaban J connectivity index is 1.36. The van der Waals surface area contributed by atoms with Crippen molar-refractivity contribution in [3.63, 3.8) is 0 Å². The zero-order valence-electron chi connectivity index (χ0n) is 26.5. The van der Waals surface area contributed by atoms with Gasteiger partial charge in [-0.3, -0.25) is 9.59 Å². The molecule has 3 aliphatic rings. The van der Waals surface area contributed by atoms with Gasteiger partial charge in [0.15, 0.2) is 5.82 Å². The number of carbonyl (C=O) groups excluding carboxylic acids is 2. The smallest absolute Gasteiger partial charge is 0.330 e. The van der Waals surface area contributed by atoms with Gasteiger partial charge in [0.1, 0.15) is 23.1 Å². The Morgan fingerprint density at radius 2 is 1.87 bits per heavy atom. The largest absolute Gasteiger partial charge is 0.496 e. The third kappa shape index (κ3) is 5.64. The molecule has 0 radical (unpaired) electrons. The Morgan fingerprint density at radius 1 is 1.09 bits per heavy atom. The van der Waals surface area contributed by atoms with Crippen LogP contribution >= 0.6 is 0 Å². The van der Waals surface area contributed by atoms with Crippen molar-refractivity contribution in [3.8, 4) is 17.3 Å². The summed E-state index contributed by atoms with van der Waals surface area (Å²) in [6.07, 6.45) is 6.92. The summed E-state index contributed by atoms with van der Waals surface area (Å²) in [7, 11) is 3.39. The maximum atomic E-state index is 13.8. The topological polar surface area (TPSA) is 136 Å². The van der Waals surface area contributed by atoms with E-state index in [1.165, 1.54) is 0 Å². The second kappa shape index (κ2) is 11.8. The number of amides is 2. The van der Waals surface area contributed by atoms with Crippen molar-refractivity contribution in [2.24, 2.45) is 17.8 Å². The number of aromatic nitrogens is 3. The van der Waals surface area contributed by atoms with Crippen LogP contribution in [0.15, 0.2) is 36.4 Å². The highest BCUT2D eigenvalue weighted by Gasteiger charge is 2.61. The van der Waals surface area contributed by atoms with Gasteiger partial charge in [-0.05, 0) is 77.5 Å². The summed E-state index contributed by atoms with van der Waals surface area (Å²) in [6.45, 7) is 6.42. The molecular weight excluding hydrogens is 574 g/mol. The molecule has 1 aliphatic heterocycles. The number of carboxylic acids is 1. The number of benzene rings is 1. The quantitative estimate of drug-likeness (QED) is 0.406. The van der Waals surface area contributed by atoms with Crippen molar-refractivity contribution in [3.05, 3.63) is 53.4 Å². The van der Waals surface area contributed by atoms with Gasteiger partial charge in [-0.1, -0.05) is 12.2 Å². The highest BCUT2D eigenvalue weighted by molar-refractivity contribution is 5.94. The highest BCUT2D eigenvalue weighted by atomic mass is 16.5. The fourth-order valence-electron chi connectivity index (χ4n) is 7.02. The predicted octanol–water partition coefficient (Wildman–Crippen LogP) is 4.29. The zero-order chi connectivity index (χ0) is 32.0. The minimum absolute atomic E-state index is 0.117. The number of hydrogen-bond acceptors (Lipinski definition) is 7. The van der Waals surface area contributed by atoms with Gasteiger partial charge in [0.05, 0.1) is 30.2 Å². The van der Waals surface area contributed by atoms with E-state index in [9.17, 15) is 19.5 Å². The van der Waals surface area contributed by atoms with Gasteiger partial charge in [0.25, 0.3) is 0 Å². The first-order valence-corrected chi connectivity index (χ1v) is 15.7. The number of nitrogens with one attached hydrogen (secondary N) is 1. The third-order valence-electron chi connectivity index (χ3n) is 9.65. The molecule has 45 heavy (non-hydrogen) atoms. The van der Waals surface area contributed by atoms with E-state index in [0.717, 1.165) is 41.6 Å². The number of rotatable bonds is 5. The van der Waals surface area contributed by atoms with Gasteiger partial charge in [0.2, 0.25) is 11.8 Å². The second-order valence-electron chi connectivity index (χ2n) is 12.8. The molecule has 238 valence electrons. The van der Waals surface area contributed by atoms with Crippen molar-refractivity contribution < 1.29 is 29.0 Å². The van der Waals surface area contributed by atoms with Gasteiger partial charge in [0, 0.05) is 42.2 Å². The van der Waals surface area contributed by atoms with Crippen LogP contribution in [-0.2, 0) is 14.4 Å². The average molecular weight is 616 g/mol. The molecule has 0 bridgehead atoms. The van der Waals surface area contributed by atoms with Crippen LogP contribution in [0.1, 0.15) is 55.5 Å². The number of fused-ring (bicyclic) bond motifs is 3. The summed E-state index contributed by atoms with van der Waals surface area (Å²) in [5, 5.41) is 18.3. The fraction of sp³-hybridized carbons (Fsp3) is 0.500. The number of carbonyl (C=O) groups is 3. The second-order valence-corrected chi connectivity index (χ2v) is 12.8. The van der Waals surface area contributed by atoms with Crippen LogP contribution in [0.4, 0.5) is 0 Å². The Morgan fingerprint density at radius 3 is 2.58 bits per heavy atom. The van der Waals surface area contributed by atoms with Gasteiger partial charge in [-0.15, -0.1) is 0 Å². The van der Waals surface area contributed by atoms with Gasteiger partial charge < -0.3 is 24.8 Å². The molecule has 0 saturated heterocycles. The van der Waals surface area contributed by atoms with Crippen molar-refractivity contribution in [1.82, 2.24) is 25.0 Å². The molecule has 0 unspecified atom stereocenters. The minimum atomic E-state index is -1.33. The number of aliphatic carboxylic acids is 1. The fourth-order valence-corrected chi connectivity index (χ4v) is 7.02. The third-order valence-corrected chi connectivity index (χ3v) is 9.65. The number of nitrogens with zero attached hydrogens (tertiary/aromatic N) is 4. The van der Waals surface area contributed by atoms with Crippen LogP contribution in [0.2, 0.25) is 0 Å². The van der Waals surface area contributed by atoms with E-state index >= 15 is 0 Å². The highest BCUT2D eigenvalue weighted by Crippen LogP contribution is 2.47. The van der Waals surface area contributed by atoms with Crippen molar-refractivity contribution in [2.45, 2.75) is 70.9 Å². The van der Waals surface area contributed by atoms with Crippen molar-refractivity contribution >= 4 is 28.7 Å². The lowest BCUT2D eigenvalue weighted by Crippen LogP contribution is -2.49. The molecule has 2 fully saturated rings. The standard InChI is InChI=1S/C34H41N5O6/c1-19-14-20(2)39(37-19)29-17-28(24-11-12-27(44-5)21(3)30(24)35-29)45-23-15-25-26(16-23)32(41)38(4)13-9-7-6-8-10-22-18-34(22,33(42)43)36-31(25)40/h8,10-12,14,17,22-23,25-26H,6-7,9,13,15-16,18H2,1-5H3,(H,36,40)(H,42,43)/b10-8-/t22-,23-,25-,26-,34-/m1/s1. The van der Waals surface area contributed by atoms with Crippen molar-refractivity contribution in [1.29, 1.82) is 0 Å². The average Bonchev–Trinajstić information content (AvgIpc) is 3.35. The zero-order valence-corrected chi connectivity index (χ0v) is 26.5. The normalized spacial score (nSPS) is 27.7. The predicted molar refractivity (Wildman–Crippen MR) is 168 cm³/mol. The van der Waals surface area contributed by atoms with Crippen molar-refractivity contribution in [2.75, 3.05) is 20.7 Å². The molecule has 2 amide bonds. The lowest BCUT2D eigenvalue weighted by Gasteiger charge is -2.26. The van der Waals surface area contributed by atoms with Crippen LogP contribution in [-0.4, -0.2) is 74.9 Å². The lowest BCUT2D eigenvalue weighted by molar-refractivity contribution is -0.145. The molecule has 1 aromatic carbocycles. The molecule has 3 heterocycles. The molecule has 2 aromatic heterocycles. The summed E-state index contributed by atoms with van der Waals surface area (Å²) in [4.78, 5) is 46.5. The first-order valence-electron chi connectivity index (χ1n) is 15.7. The van der Waals surface area contributed by atoms with Crippen LogP contribution in [0.3, 0.4) is 0 Å². The first-order chi connectivity index (χ1) is 21.5. The monoisotopic (exact) mass is 615 g/mol. The molecule has 2 N–H and O–H groups in total. The SMILES string of the molecule is COc1ccc2c(O[C@@H]3C[C@H]4C(=O)N[C@]5(C(=O)O)C[C@H]5/C=C\CCCCN(C)C(=O)[C@@H]4C3)cc(-n3nc(C)cc3C)nc2c1C. The number of hydrogen-bond donors (Lipinski definition) is 2. The molecule has 2 saturated carbocycles. The maximum absolute atomic E-state index is 13.8. The molecule has 11 nitrogen and oxygen atoms in total. The van der Waals surface area contributed by atoms with E-state index in [2.05, 4.69) is 10.4 Å². The van der Waals surface area contributed by atoms with Crippen LogP contribution in [0.25, 0.3) is 16.7 Å². The molecule has 5 atom stereocenters. The molecule has 3 aromatic rings. The minimum Gasteiger partial charge on any atom is -0.496 e. The summed E-state index contributed by atoms with van der Waals surface area (Å²) in [5.41, 5.74) is 2.00. The Hall–Kier alpha value is -4.41. The van der Waals surface area contributed by atoms with Crippen LogP contribution in [0.5, 0.6) is 11.5 Å². The van der Waals surface area contributed by atoms with E-state index in [1.54, 1.807) is 23.7 Å². The van der Waals surface area contributed by atoms with Gasteiger partial charge in [-0.25, -0.2) is 14.5 Å². The first kappa shape index (κ1) is 30.6. The number of pyridine rings is 1. The Kier molecular flexibility index (Phi) is 8.05. The van der Waals surface area contributed by atoms with E-state index in [1.807, 2.05) is 57.2 Å². The summed E-state index contributed by atoms with van der Waals surface area (Å²) < 4.78 is 14.0. The van der Waals surface area contributed by atoms with E-state index in [0.29, 0.717) is 42.2 Å². The van der Waals surface area contributed by atoms with Gasteiger partial charge >= 0.3 is 5.97 Å². The lowest BCUT2D eigenvalue weighted by atomic mass is 9.93. The molecule has 6 rings (SSSR count). The van der Waals surface area contributed by atoms with Gasteiger partial charge in [-0.2, -0.15) is 5.10 Å². The summed E-state index contributed by atoms with van der Waals surface area (Å²) in [5.74, 6) is -1.34. The molecule has 11 heteroatoms. The number of allylic oxidation sites excluding steroid dienone is 1. The van der Waals surface area contributed by atoms with Crippen LogP contribution < -0.4 is 14.8 Å². The number of methoxy groups -OCH3 is 1. The van der Waals surface area contributed by atoms with E-state index < -0.39 is 35.4 Å².